The Kier molecular flexibility index (Phi) is 3.99. The molecule has 89 valence electrons. The fourth-order valence-electron chi connectivity index (χ4n) is 2.34. The Hall–Kier alpha value is -0.830. The number of nitrogens with zero attached hydrogens (tertiary/aromatic N) is 3. The van der Waals surface area contributed by atoms with Crippen LogP contribution in [0.25, 0.3) is 0 Å². The molecule has 1 aromatic rings. The first-order valence-electron chi connectivity index (χ1n) is 6.41. The summed E-state index contributed by atoms with van der Waals surface area (Å²) < 4.78 is 2.15. The average Bonchev–Trinajstić information content (AvgIpc) is 2.62. The zero-order valence-electron chi connectivity index (χ0n) is 10.5. The number of piperidine rings is 1. The maximum absolute atomic E-state index is 4.21. The van der Waals surface area contributed by atoms with Crippen LogP contribution in [0.5, 0.6) is 0 Å². The molecule has 1 radical (unpaired) electrons. The zero-order chi connectivity index (χ0) is 11.4. The van der Waals surface area contributed by atoms with E-state index in [0.29, 0.717) is 0 Å². The van der Waals surface area contributed by atoms with E-state index in [2.05, 4.69) is 27.7 Å². The van der Waals surface area contributed by atoms with Gasteiger partial charge in [0.05, 0.1) is 5.69 Å². The maximum Gasteiger partial charge on any atom is 0.176 e. The molecule has 1 aliphatic rings. The van der Waals surface area contributed by atoms with Crippen molar-refractivity contribution in [3.8, 4) is 0 Å². The molecule has 0 aliphatic carbocycles. The van der Waals surface area contributed by atoms with Gasteiger partial charge in [0.25, 0.3) is 0 Å². The van der Waals surface area contributed by atoms with Crippen molar-refractivity contribution in [2.45, 2.75) is 46.1 Å². The van der Waals surface area contributed by atoms with Crippen molar-refractivity contribution < 1.29 is 0 Å². The second-order valence-corrected chi connectivity index (χ2v) is 4.79. The van der Waals surface area contributed by atoms with Gasteiger partial charge in [0.2, 0.25) is 0 Å². The number of hydrogen-bond acceptors (Lipinski definition) is 2. The Bertz CT molecular complexity index is 324. The van der Waals surface area contributed by atoms with Crippen molar-refractivity contribution in [1.29, 1.82) is 0 Å². The van der Waals surface area contributed by atoms with Gasteiger partial charge in [-0.25, -0.2) is 4.98 Å². The number of rotatable bonds is 4. The quantitative estimate of drug-likeness (QED) is 0.775. The van der Waals surface area contributed by atoms with Crippen molar-refractivity contribution >= 4 is 0 Å². The third kappa shape index (κ3) is 2.85. The van der Waals surface area contributed by atoms with Crippen LogP contribution in [-0.4, -0.2) is 34.1 Å². The van der Waals surface area contributed by atoms with Gasteiger partial charge in [0.1, 0.15) is 0 Å². The Morgan fingerprint density at radius 2 is 1.88 bits per heavy atom. The molecule has 1 saturated heterocycles. The minimum absolute atomic E-state index is 1.06. The van der Waals surface area contributed by atoms with Crippen LogP contribution in [0.1, 0.15) is 37.1 Å². The molecular weight excluding hydrogens is 198 g/mol. The molecule has 2 rings (SSSR count). The molecule has 1 aliphatic heterocycles. The second kappa shape index (κ2) is 5.48. The van der Waals surface area contributed by atoms with Crippen LogP contribution in [0.2, 0.25) is 0 Å². The predicted octanol–water partition coefficient (Wildman–Crippen LogP) is 2.18. The Morgan fingerprint density at radius 1 is 1.12 bits per heavy atom. The summed E-state index contributed by atoms with van der Waals surface area (Å²) in [6.45, 7) is 9.05. The summed E-state index contributed by atoms with van der Waals surface area (Å²) in [5.74, 6) is 0. The van der Waals surface area contributed by atoms with E-state index in [1.807, 2.05) is 6.92 Å². The number of aromatic nitrogens is 2. The summed E-state index contributed by atoms with van der Waals surface area (Å²) in [6.07, 6.45) is 8.46. The van der Waals surface area contributed by atoms with Gasteiger partial charge >= 0.3 is 0 Å². The molecule has 1 aromatic heterocycles. The smallest absolute Gasteiger partial charge is 0.176 e. The highest BCUT2D eigenvalue weighted by atomic mass is 15.1. The standard InChI is InChI=1S/C13H22N3/c1-12-13(2)16(11-14-12)10-6-9-15-7-4-3-5-8-15/h3-10H2,1-2H3. The van der Waals surface area contributed by atoms with Crippen LogP contribution in [-0.2, 0) is 6.54 Å². The van der Waals surface area contributed by atoms with E-state index in [-0.39, 0.29) is 0 Å². The summed E-state index contributed by atoms with van der Waals surface area (Å²) in [5, 5.41) is 0. The molecule has 0 unspecified atom stereocenters. The fourth-order valence-corrected chi connectivity index (χ4v) is 2.34. The summed E-state index contributed by atoms with van der Waals surface area (Å²) in [4.78, 5) is 6.79. The molecule has 3 nitrogen and oxygen atoms in total. The van der Waals surface area contributed by atoms with Gasteiger partial charge in [-0.1, -0.05) is 6.42 Å². The molecule has 2 heterocycles. The molecular formula is C13H22N3. The first-order valence-corrected chi connectivity index (χ1v) is 6.41. The van der Waals surface area contributed by atoms with E-state index in [1.165, 1.54) is 51.0 Å². The average molecular weight is 220 g/mol. The van der Waals surface area contributed by atoms with Crippen LogP contribution < -0.4 is 0 Å². The summed E-state index contributed by atoms with van der Waals surface area (Å²) >= 11 is 0. The molecule has 0 bridgehead atoms. The highest BCUT2D eigenvalue weighted by Gasteiger charge is 2.09. The summed E-state index contributed by atoms with van der Waals surface area (Å²) in [7, 11) is 0. The summed E-state index contributed by atoms with van der Waals surface area (Å²) in [5.41, 5.74) is 2.37. The Morgan fingerprint density at radius 3 is 2.50 bits per heavy atom. The van der Waals surface area contributed by atoms with Crippen LogP contribution in [0.15, 0.2) is 0 Å². The van der Waals surface area contributed by atoms with E-state index >= 15 is 0 Å². The van der Waals surface area contributed by atoms with Crippen molar-refractivity contribution in [1.82, 2.24) is 14.5 Å². The number of likely N-dealkylation sites (tertiary alicyclic amines) is 1. The molecule has 1 fully saturated rings. The predicted molar refractivity (Wildman–Crippen MR) is 65.4 cm³/mol. The molecule has 16 heavy (non-hydrogen) atoms. The molecule has 0 atom stereocenters. The third-order valence-corrected chi connectivity index (χ3v) is 3.57. The molecule has 0 spiro atoms. The van der Waals surface area contributed by atoms with Crippen LogP contribution in [0, 0.1) is 20.2 Å². The highest BCUT2D eigenvalue weighted by molar-refractivity contribution is 5.07. The van der Waals surface area contributed by atoms with Crippen molar-refractivity contribution in [3.05, 3.63) is 17.7 Å². The molecule has 3 heteroatoms. The van der Waals surface area contributed by atoms with Crippen molar-refractivity contribution in [2.75, 3.05) is 19.6 Å². The first kappa shape index (κ1) is 11.6. The second-order valence-electron chi connectivity index (χ2n) is 4.79. The van der Waals surface area contributed by atoms with Crippen LogP contribution in [0.4, 0.5) is 0 Å². The highest BCUT2D eigenvalue weighted by Crippen LogP contribution is 2.10. The summed E-state index contributed by atoms with van der Waals surface area (Å²) in [6, 6.07) is 0. The Balaban J connectivity index is 1.73. The zero-order valence-corrected chi connectivity index (χ0v) is 10.5. The van der Waals surface area contributed by atoms with Gasteiger partial charge in [-0.15, -0.1) is 0 Å². The van der Waals surface area contributed by atoms with Gasteiger partial charge in [-0.2, -0.15) is 0 Å². The molecule has 0 N–H and O–H groups in total. The lowest BCUT2D eigenvalue weighted by Gasteiger charge is -2.26. The van der Waals surface area contributed by atoms with Gasteiger partial charge in [0, 0.05) is 12.2 Å². The van der Waals surface area contributed by atoms with Gasteiger partial charge < -0.3 is 9.47 Å². The SMILES string of the molecule is Cc1n[c]n(CCCN2CCCCC2)c1C. The largest absolute Gasteiger partial charge is 0.325 e. The monoisotopic (exact) mass is 220 g/mol. The van der Waals surface area contributed by atoms with E-state index in [1.54, 1.807) is 0 Å². The molecule has 0 aromatic carbocycles. The number of imidazole rings is 1. The van der Waals surface area contributed by atoms with Crippen LogP contribution in [0.3, 0.4) is 0 Å². The van der Waals surface area contributed by atoms with Crippen LogP contribution >= 0.6 is 0 Å². The Labute approximate surface area is 98.5 Å². The minimum atomic E-state index is 1.06. The van der Waals surface area contributed by atoms with Gasteiger partial charge in [-0.3, -0.25) is 0 Å². The third-order valence-electron chi connectivity index (χ3n) is 3.57. The van der Waals surface area contributed by atoms with E-state index < -0.39 is 0 Å². The number of aryl methyl sites for hydroxylation is 2. The minimum Gasteiger partial charge on any atom is -0.325 e. The van der Waals surface area contributed by atoms with Crippen molar-refractivity contribution in [3.63, 3.8) is 0 Å². The lowest BCUT2D eigenvalue weighted by molar-refractivity contribution is 0.222. The lowest BCUT2D eigenvalue weighted by atomic mass is 10.1. The maximum atomic E-state index is 4.21. The van der Waals surface area contributed by atoms with E-state index in [0.717, 1.165) is 12.2 Å². The van der Waals surface area contributed by atoms with Gasteiger partial charge in [-0.05, 0) is 52.7 Å². The lowest BCUT2D eigenvalue weighted by Crippen LogP contribution is -2.31. The van der Waals surface area contributed by atoms with Crippen molar-refractivity contribution in [2.24, 2.45) is 0 Å². The normalized spacial score (nSPS) is 17.9. The van der Waals surface area contributed by atoms with E-state index in [4.69, 9.17) is 0 Å². The molecule has 0 amide bonds. The number of hydrogen-bond donors (Lipinski definition) is 0. The van der Waals surface area contributed by atoms with E-state index in [9.17, 15) is 0 Å². The first-order chi connectivity index (χ1) is 7.77. The fraction of sp³-hybridized carbons (Fsp3) is 0.769. The van der Waals surface area contributed by atoms with Gasteiger partial charge in [0.15, 0.2) is 6.33 Å². The topological polar surface area (TPSA) is 21.1 Å². The molecule has 0 saturated carbocycles.